The number of carbonyl (C=O) groups is 1. The molecule has 1 amide bonds. The summed E-state index contributed by atoms with van der Waals surface area (Å²) in [4.78, 5) is 12.1. The minimum Gasteiger partial charge on any atom is -0.481 e. The van der Waals surface area contributed by atoms with E-state index in [9.17, 15) is 18.0 Å². The Morgan fingerprint density at radius 2 is 1.80 bits per heavy atom. The highest BCUT2D eigenvalue weighted by Crippen LogP contribution is 2.31. The third-order valence-electron chi connectivity index (χ3n) is 3.94. The number of amides is 1. The Morgan fingerprint density at radius 1 is 1.12 bits per heavy atom. The lowest BCUT2D eigenvalue weighted by atomic mass is 10.1. The number of halogens is 3. The van der Waals surface area contributed by atoms with E-state index < -0.39 is 23.8 Å². The van der Waals surface area contributed by atoms with Crippen molar-refractivity contribution in [2.75, 3.05) is 0 Å². The Balaban J connectivity index is 1.99. The second kappa shape index (κ2) is 7.59. The van der Waals surface area contributed by atoms with Crippen molar-refractivity contribution in [3.05, 3.63) is 64.7 Å². The molecular formula is C19H20F3NO2. The van der Waals surface area contributed by atoms with Crippen molar-refractivity contribution in [3.63, 3.8) is 0 Å². The van der Waals surface area contributed by atoms with Crippen LogP contribution in [0.5, 0.6) is 5.75 Å². The van der Waals surface area contributed by atoms with Crippen LogP contribution in [0, 0.1) is 13.8 Å². The van der Waals surface area contributed by atoms with Gasteiger partial charge in [0.25, 0.3) is 5.91 Å². The van der Waals surface area contributed by atoms with E-state index in [2.05, 4.69) is 5.32 Å². The second-order valence-electron chi connectivity index (χ2n) is 5.88. The van der Waals surface area contributed by atoms with Crippen LogP contribution in [0.2, 0.25) is 0 Å². The SMILES string of the molecule is Cc1ccc(OC(C)C(=O)NCc2ccccc2C(F)(F)F)cc1C. The third kappa shape index (κ3) is 4.98. The van der Waals surface area contributed by atoms with E-state index in [1.165, 1.54) is 18.2 Å². The minimum atomic E-state index is -4.46. The molecular weight excluding hydrogens is 331 g/mol. The number of alkyl halides is 3. The van der Waals surface area contributed by atoms with Gasteiger partial charge in [-0.25, -0.2) is 0 Å². The highest BCUT2D eigenvalue weighted by molar-refractivity contribution is 5.80. The summed E-state index contributed by atoms with van der Waals surface area (Å²) in [6.45, 7) is 5.24. The number of aryl methyl sites for hydroxylation is 2. The maximum absolute atomic E-state index is 13.0. The Morgan fingerprint density at radius 3 is 2.44 bits per heavy atom. The van der Waals surface area contributed by atoms with E-state index in [-0.39, 0.29) is 12.1 Å². The molecule has 1 atom stereocenters. The van der Waals surface area contributed by atoms with Crippen molar-refractivity contribution < 1.29 is 22.7 Å². The molecule has 134 valence electrons. The standard InChI is InChI=1S/C19H20F3NO2/c1-12-8-9-16(10-13(12)2)25-14(3)18(24)23-11-15-6-4-5-7-17(15)19(20,21)22/h4-10,14H,11H2,1-3H3,(H,23,24). The van der Waals surface area contributed by atoms with Gasteiger partial charge < -0.3 is 10.1 Å². The first-order valence-electron chi connectivity index (χ1n) is 7.85. The molecule has 0 saturated heterocycles. The van der Waals surface area contributed by atoms with Gasteiger partial charge in [-0.15, -0.1) is 0 Å². The highest BCUT2D eigenvalue weighted by Gasteiger charge is 2.32. The number of hydrogen-bond acceptors (Lipinski definition) is 2. The molecule has 1 unspecified atom stereocenters. The van der Waals surface area contributed by atoms with Crippen LogP contribution in [0.1, 0.15) is 29.2 Å². The van der Waals surface area contributed by atoms with Gasteiger partial charge in [0.2, 0.25) is 0 Å². The molecule has 1 N–H and O–H groups in total. The smallest absolute Gasteiger partial charge is 0.416 e. The first kappa shape index (κ1) is 18.8. The summed E-state index contributed by atoms with van der Waals surface area (Å²) in [5.74, 6) is 0.0663. The zero-order valence-electron chi connectivity index (χ0n) is 14.3. The van der Waals surface area contributed by atoms with E-state index >= 15 is 0 Å². The van der Waals surface area contributed by atoms with E-state index in [0.29, 0.717) is 5.75 Å². The van der Waals surface area contributed by atoms with Gasteiger partial charge >= 0.3 is 6.18 Å². The largest absolute Gasteiger partial charge is 0.481 e. The summed E-state index contributed by atoms with van der Waals surface area (Å²) in [5.41, 5.74) is 1.40. The van der Waals surface area contributed by atoms with Gasteiger partial charge in [-0.2, -0.15) is 13.2 Å². The topological polar surface area (TPSA) is 38.3 Å². The average molecular weight is 351 g/mol. The maximum atomic E-state index is 13.0. The Kier molecular flexibility index (Phi) is 5.72. The van der Waals surface area contributed by atoms with Crippen LogP contribution in [0.4, 0.5) is 13.2 Å². The van der Waals surface area contributed by atoms with Crippen molar-refractivity contribution in [3.8, 4) is 5.75 Å². The van der Waals surface area contributed by atoms with E-state index in [1.54, 1.807) is 13.0 Å². The fraction of sp³-hybridized carbons (Fsp3) is 0.316. The number of hydrogen-bond donors (Lipinski definition) is 1. The van der Waals surface area contributed by atoms with Crippen LogP contribution < -0.4 is 10.1 Å². The molecule has 0 aliphatic carbocycles. The summed E-state index contributed by atoms with van der Waals surface area (Å²) in [7, 11) is 0. The van der Waals surface area contributed by atoms with Crippen LogP contribution >= 0.6 is 0 Å². The molecule has 0 aliphatic heterocycles. The fourth-order valence-corrected chi connectivity index (χ4v) is 2.32. The zero-order chi connectivity index (χ0) is 18.6. The van der Waals surface area contributed by atoms with E-state index in [0.717, 1.165) is 17.2 Å². The predicted molar refractivity (Wildman–Crippen MR) is 89.3 cm³/mol. The molecule has 0 heterocycles. The van der Waals surface area contributed by atoms with E-state index in [4.69, 9.17) is 4.74 Å². The number of rotatable bonds is 5. The van der Waals surface area contributed by atoms with E-state index in [1.807, 2.05) is 26.0 Å². The van der Waals surface area contributed by atoms with Crippen LogP contribution in [-0.4, -0.2) is 12.0 Å². The molecule has 0 spiro atoms. The maximum Gasteiger partial charge on any atom is 0.416 e. The summed E-state index contributed by atoms with van der Waals surface area (Å²) in [6, 6.07) is 10.6. The van der Waals surface area contributed by atoms with Gasteiger partial charge in [-0.3, -0.25) is 4.79 Å². The normalized spacial score (nSPS) is 12.6. The molecule has 0 bridgehead atoms. The lowest BCUT2D eigenvalue weighted by Gasteiger charge is -2.17. The Bertz CT molecular complexity index is 757. The molecule has 0 aliphatic rings. The van der Waals surface area contributed by atoms with Crippen LogP contribution in [0.3, 0.4) is 0 Å². The molecule has 2 aromatic rings. The summed E-state index contributed by atoms with van der Waals surface area (Å²) >= 11 is 0. The van der Waals surface area contributed by atoms with Gasteiger partial charge in [0.05, 0.1) is 5.56 Å². The summed E-state index contributed by atoms with van der Waals surface area (Å²) in [5, 5.41) is 2.49. The number of benzene rings is 2. The van der Waals surface area contributed by atoms with Gasteiger partial charge in [0.15, 0.2) is 6.10 Å². The predicted octanol–water partition coefficient (Wildman–Crippen LogP) is 4.41. The van der Waals surface area contributed by atoms with Gasteiger partial charge in [-0.1, -0.05) is 24.3 Å². The van der Waals surface area contributed by atoms with Crippen LogP contribution in [-0.2, 0) is 17.5 Å². The number of ether oxygens (including phenoxy) is 1. The first-order chi connectivity index (χ1) is 11.7. The minimum absolute atomic E-state index is 0.0155. The fourth-order valence-electron chi connectivity index (χ4n) is 2.32. The molecule has 25 heavy (non-hydrogen) atoms. The molecule has 0 fully saturated rings. The number of carbonyl (C=O) groups excluding carboxylic acids is 1. The second-order valence-corrected chi connectivity index (χ2v) is 5.88. The van der Waals surface area contributed by atoms with Crippen molar-refractivity contribution in [1.29, 1.82) is 0 Å². The van der Waals surface area contributed by atoms with Gasteiger partial charge in [0.1, 0.15) is 5.75 Å². The molecule has 6 heteroatoms. The Labute approximate surface area is 144 Å². The van der Waals surface area contributed by atoms with Crippen molar-refractivity contribution in [2.24, 2.45) is 0 Å². The molecule has 0 saturated carbocycles. The third-order valence-corrected chi connectivity index (χ3v) is 3.94. The zero-order valence-corrected chi connectivity index (χ0v) is 14.3. The highest BCUT2D eigenvalue weighted by atomic mass is 19.4. The summed E-state index contributed by atoms with van der Waals surface area (Å²) in [6.07, 6.45) is -5.27. The summed E-state index contributed by atoms with van der Waals surface area (Å²) < 4.78 is 44.4. The van der Waals surface area contributed by atoms with Crippen LogP contribution in [0.15, 0.2) is 42.5 Å². The quantitative estimate of drug-likeness (QED) is 0.867. The lowest BCUT2D eigenvalue weighted by molar-refractivity contribution is -0.138. The molecule has 2 rings (SSSR count). The Hall–Kier alpha value is -2.50. The van der Waals surface area contributed by atoms with Crippen molar-refractivity contribution in [2.45, 2.75) is 39.6 Å². The first-order valence-corrected chi connectivity index (χ1v) is 7.85. The monoisotopic (exact) mass is 351 g/mol. The molecule has 3 nitrogen and oxygen atoms in total. The van der Waals surface area contributed by atoms with Gasteiger partial charge in [-0.05, 0) is 55.7 Å². The molecule has 0 radical (unpaired) electrons. The van der Waals surface area contributed by atoms with Gasteiger partial charge in [0, 0.05) is 6.54 Å². The number of nitrogens with one attached hydrogen (secondary N) is 1. The molecule has 2 aromatic carbocycles. The molecule has 0 aromatic heterocycles. The average Bonchev–Trinajstić information content (AvgIpc) is 2.55. The van der Waals surface area contributed by atoms with Crippen molar-refractivity contribution >= 4 is 5.91 Å². The lowest BCUT2D eigenvalue weighted by Crippen LogP contribution is -2.36. The van der Waals surface area contributed by atoms with Crippen molar-refractivity contribution in [1.82, 2.24) is 5.32 Å². The van der Waals surface area contributed by atoms with Crippen LogP contribution in [0.25, 0.3) is 0 Å².